The fourth-order valence-electron chi connectivity index (χ4n) is 1.71. The van der Waals surface area contributed by atoms with Crippen LogP contribution in [0.3, 0.4) is 0 Å². The molecule has 0 aliphatic heterocycles. The molecule has 0 unspecified atom stereocenters. The molecular formula is C14H18N4. The first-order chi connectivity index (χ1) is 8.58. The van der Waals surface area contributed by atoms with E-state index in [0.29, 0.717) is 12.2 Å². The third-order valence-electron chi connectivity index (χ3n) is 2.89. The first kappa shape index (κ1) is 12.5. The van der Waals surface area contributed by atoms with Gasteiger partial charge in [0.05, 0.1) is 5.69 Å². The van der Waals surface area contributed by atoms with Crippen LogP contribution in [-0.4, -0.2) is 15.0 Å². The molecule has 2 aromatic rings. The monoisotopic (exact) mass is 242 g/mol. The van der Waals surface area contributed by atoms with Gasteiger partial charge in [0.1, 0.15) is 11.6 Å². The molecule has 2 N–H and O–H groups in total. The quantitative estimate of drug-likeness (QED) is 0.898. The van der Waals surface area contributed by atoms with E-state index in [9.17, 15) is 0 Å². The molecule has 0 atom stereocenters. The van der Waals surface area contributed by atoms with Crippen LogP contribution in [0.5, 0.6) is 0 Å². The van der Waals surface area contributed by atoms with Gasteiger partial charge in [0.2, 0.25) is 0 Å². The van der Waals surface area contributed by atoms with Crippen LogP contribution in [0.1, 0.15) is 42.5 Å². The van der Waals surface area contributed by atoms with Gasteiger partial charge in [-0.2, -0.15) is 0 Å². The lowest BCUT2D eigenvalue weighted by atomic mass is 10.1. The van der Waals surface area contributed by atoms with Gasteiger partial charge in [-0.15, -0.1) is 0 Å². The van der Waals surface area contributed by atoms with E-state index >= 15 is 0 Å². The minimum absolute atomic E-state index is 0.274. The molecule has 4 nitrogen and oxygen atoms in total. The molecule has 0 aromatic carbocycles. The van der Waals surface area contributed by atoms with Crippen molar-refractivity contribution in [2.45, 2.75) is 33.1 Å². The number of aromatic nitrogens is 3. The predicted octanol–water partition coefficient (Wildman–Crippen LogP) is 2.48. The lowest BCUT2D eigenvalue weighted by Gasteiger charge is -2.11. The van der Waals surface area contributed by atoms with E-state index in [2.05, 4.69) is 28.8 Å². The summed E-state index contributed by atoms with van der Waals surface area (Å²) in [5, 5.41) is 0. The smallest absolute Gasteiger partial charge is 0.133 e. The lowest BCUT2D eigenvalue weighted by Crippen LogP contribution is -2.09. The molecule has 0 amide bonds. The van der Waals surface area contributed by atoms with E-state index < -0.39 is 0 Å². The Morgan fingerprint density at radius 1 is 1.22 bits per heavy atom. The van der Waals surface area contributed by atoms with E-state index in [4.69, 9.17) is 5.73 Å². The standard InChI is InChI=1S/C14H18N4/c1-9(2)14-17-12(10(3)13(15)18-14)8-11-6-4-5-7-16-11/h4-7,9H,8H2,1-3H3,(H2,15,17,18). The Hall–Kier alpha value is -1.97. The molecule has 0 radical (unpaired) electrons. The molecule has 4 heteroatoms. The summed E-state index contributed by atoms with van der Waals surface area (Å²) in [4.78, 5) is 13.2. The molecule has 2 heterocycles. The van der Waals surface area contributed by atoms with E-state index in [1.807, 2.05) is 25.1 Å². The predicted molar refractivity (Wildman–Crippen MR) is 72.3 cm³/mol. The van der Waals surface area contributed by atoms with Crippen LogP contribution in [0.25, 0.3) is 0 Å². The minimum atomic E-state index is 0.274. The Kier molecular flexibility index (Phi) is 3.55. The number of rotatable bonds is 3. The molecule has 0 spiro atoms. The second-order valence-corrected chi connectivity index (χ2v) is 4.69. The van der Waals surface area contributed by atoms with Crippen molar-refractivity contribution in [1.82, 2.24) is 15.0 Å². The molecule has 0 fully saturated rings. The highest BCUT2D eigenvalue weighted by Crippen LogP contribution is 2.19. The topological polar surface area (TPSA) is 64.7 Å². The van der Waals surface area contributed by atoms with Crippen LogP contribution in [0.2, 0.25) is 0 Å². The van der Waals surface area contributed by atoms with Crippen molar-refractivity contribution < 1.29 is 0 Å². The summed E-state index contributed by atoms with van der Waals surface area (Å²) in [5.41, 5.74) is 8.85. The van der Waals surface area contributed by atoms with Crippen molar-refractivity contribution in [3.63, 3.8) is 0 Å². The van der Waals surface area contributed by atoms with Crippen molar-refractivity contribution in [2.75, 3.05) is 5.73 Å². The third-order valence-corrected chi connectivity index (χ3v) is 2.89. The van der Waals surface area contributed by atoms with Crippen LogP contribution in [0.15, 0.2) is 24.4 Å². The third kappa shape index (κ3) is 2.64. The summed E-state index contributed by atoms with van der Waals surface area (Å²) >= 11 is 0. The second kappa shape index (κ2) is 5.12. The number of hydrogen-bond acceptors (Lipinski definition) is 4. The summed E-state index contributed by atoms with van der Waals surface area (Å²) in [6.45, 7) is 6.08. The van der Waals surface area contributed by atoms with Gasteiger partial charge >= 0.3 is 0 Å². The van der Waals surface area contributed by atoms with Gasteiger partial charge in [0, 0.05) is 29.8 Å². The SMILES string of the molecule is Cc1c(N)nc(C(C)C)nc1Cc1ccccn1. The number of nitrogen functional groups attached to an aromatic ring is 1. The Morgan fingerprint density at radius 3 is 2.61 bits per heavy atom. The van der Waals surface area contributed by atoms with Gasteiger partial charge in [-0.3, -0.25) is 4.98 Å². The zero-order chi connectivity index (χ0) is 13.1. The number of anilines is 1. The molecular weight excluding hydrogens is 224 g/mol. The van der Waals surface area contributed by atoms with Crippen molar-refractivity contribution in [1.29, 1.82) is 0 Å². The molecule has 0 saturated heterocycles. The molecule has 2 aromatic heterocycles. The van der Waals surface area contributed by atoms with Gasteiger partial charge in [0.25, 0.3) is 0 Å². The van der Waals surface area contributed by atoms with Crippen molar-refractivity contribution in [3.05, 3.63) is 47.2 Å². The molecule has 0 aliphatic carbocycles. The van der Waals surface area contributed by atoms with Gasteiger partial charge in [0.15, 0.2) is 0 Å². The van der Waals surface area contributed by atoms with Crippen LogP contribution in [-0.2, 0) is 6.42 Å². The van der Waals surface area contributed by atoms with Crippen molar-refractivity contribution in [2.24, 2.45) is 0 Å². The van der Waals surface area contributed by atoms with Crippen LogP contribution < -0.4 is 5.73 Å². The average molecular weight is 242 g/mol. The molecule has 0 aliphatic rings. The highest BCUT2D eigenvalue weighted by atomic mass is 15.0. The molecule has 2 rings (SSSR count). The highest BCUT2D eigenvalue weighted by molar-refractivity contribution is 5.42. The number of nitrogens with zero attached hydrogens (tertiary/aromatic N) is 3. The molecule has 18 heavy (non-hydrogen) atoms. The van der Waals surface area contributed by atoms with Crippen LogP contribution >= 0.6 is 0 Å². The van der Waals surface area contributed by atoms with Gasteiger partial charge < -0.3 is 5.73 Å². The Balaban J connectivity index is 2.38. The second-order valence-electron chi connectivity index (χ2n) is 4.69. The summed E-state index contributed by atoms with van der Waals surface area (Å²) in [5.74, 6) is 1.64. The van der Waals surface area contributed by atoms with E-state index in [1.165, 1.54) is 0 Å². The lowest BCUT2D eigenvalue weighted by molar-refractivity contribution is 0.758. The molecule has 94 valence electrons. The Bertz CT molecular complexity index is 535. The van der Waals surface area contributed by atoms with Gasteiger partial charge in [-0.1, -0.05) is 19.9 Å². The van der Waals surface area contributed by atoms with E-state index in [0.717, 1.165) is 22.8 Å². The van der Waals surface area contributed by atoms with Gasteiger partial charge in [-0.25, -0.2) is 9.97 Å². The first-order valence-electron chi connectivity index (χ1n) is 6.10. The number of nitrogens with two attached hydrogens (primary N) is 1. The summed E-state index contributed by atoms with van der Waals surface area (Å²) in [6, 6.07) is 5.88. The summed E-state index contributed by atoms with van der Waals surface area (Å²) < 4.78 is 0. The maximum atomic E-state index is 5.94. The van der Waals surface area contributed by atoms with Crippen LogP contribution in [0.4, 0.5) is 5.82 Å². The largest absolute Gasteiger partial charge is 0.383 e. The number of pyridine rings is 1. The zero-order valence-corrected chi connectivity index (χ0v) is 11.0. The summed E-state index contributed by atoms with van der Waals surface area (Å²) in [7, 11) is 0. The van der Waals surface area contributed by atoms with Crippen molar-refractivity contribution >= 4 is 5.82 Å². The maximum Gasteiger partial charge on any atom is 0.133 e. The fourth-order valence-corrected chi connectivity index (χ4v) is 1.71. The fraction of sp³-hybridized carbons (Fsp3) is 0.357. The summed E-state index contributed by atoms with van der Waals surface area (Å²) in [6.07, 6.45) is 2.48. The normalized spacial score (nSPS) is 10.9. The van der Waals surface area contributed by atoms with E-state index in [1.54, 1.807) is 6.20 Å². The van der Waals surface area contributed by atoms with E-state index in [-0.39, 0.29) is 5.92 Å². The molecule has 0 saturated carbocycles. The Labute approximate surface area is 107 Å². The maximum absolute atomic E-state index is 5.94. The van der Waals surface area contributed by atoms with Gasteiger partial charge in [-0.05, 0) is 19.1 Å². The highest BCUT2D eigenvalue weighted by Gasteiger charge is 2.11. The molecule has 0 bridgehead atoms. The zero-order valence-electron chi connectivity index (χ0n) is 11.0. The first-order valence-corrected chi connectivity index (χ1v) is 6.10. The average Bonchev–Trinajstić information content (AvgIpc) is 2.35. The Morgan fingerprint density at radius 2 is 2.00 bits per heavy atom. The number of hydrogen-bond donors (Lipinski definition) is 1. The minimum Gasteiger partial charge on any atom is -0.383 e. The van der Waals surface area contributed by atoms with Crippen molar-refractivity contribution in [3.8, 4) is 0 Å². The van der Waals surface area contributed by atoms with Crippen LogP contribution in [0, 0.1) is 6.92 Å².